The minimum absolute atomic E-state index is 0.303. The van der Waals surface area contributed by atoms with Gasteiger partial charge in [0, 0.05) is 35.7 Å². The van der Waals surface area contributed by atoms with Crippen molar-refractivity contribution in [3.63, 3.8) is 0 Å². The fourth-order valence-electron chi connectivity index (χ4n) is 4.97. The van der Waals surface area contributed by atoms with Crippen LogP contribution in [0.25, 0.3) is 22.1 Å². The van der Waals surface area contributed by atoms with Crippen molar-refractivity contribution in [1.82, 2.24) is 23.7 Å². The molecule has 0 spiro atoms. The summed E-state index contributed by atoms with van der Waals surface area (Å²) in [6, 6.07) is 25.4. The quantitative estimate of drug-likeness (QED) is 0.292. The van der Waals surface area contributed by atoms with Gasteiger partial charge in [-0.05, 0) is 41.3 Å². The summed E-state index contributed by atoms with van der Waals surface area (Å²) in [5.74, 6) is 0.532. The lowest BCUT2D eigenvalue weighted by molar-refractivity contribution is 0.665. The Hall–Kier alpha value is -4.56. The van der Waals surface area contributed by atoms with Gasteiger partial charge in [0.2, 0.25) is 5.95 Å². The van der Waals surface area contributed by atoms with E-state index in [0.717, 1.165) is 27.6 Å². The number of hydrogen-bond donors (Lipinski definition) is 2. The van der Waals surface area contributed by atoms with E-state index in [1.54, 1.807) is 4.57 Å². The molecule has 0 unspecified atom stereocenters. The van der Waals surface area contributed by atoms with Crippen LogP contribution in [-0.2, 0) is 26.6 Å². The summed E-state index contributed by atoms with van der Waals surface area (Å²) in [7, 11) is 1.51. The van der Waals surface area contributed by atoms with Gasteiger partial charge < -0.3 is 10.3 Å². The monoisotopic (exact) mass is 538 g/mol. The number of imidazole rings is 1. The Bertz CT molecular complexity index is 1900. The molecule has 196 valence electrons. The maximum Gasteiger partial charge on any atom is 0.332 e. The van der Waals surface area contributed by atoms with Crippen LogP contribution in [0.1, 0.15) is 16.7 Å². The zero-order valence-electron chi connectivity index (χ0n) is 21.4. The van der Waals surface area contributed by atoms with Gasteiger partial charge in [0.25, 0.3) is 5.56 Å². The SMILES string of the molecule is Cn1c(=O)c2c(nc(NCCc3c[nH]c4ccccc34)n2Cc2ccc(Cl)cc2)n(Cc2ccccc2)c1=O. The Morgan fingerprint density at radius 3 is 2.36 bits per heavy atom. The summed E-state index contributed by atoms with van der Waals surface area (Å²) in [5.41, 5.74) is 4.13. The molecule has 8 nitrogen and oxygen atoms in total. The number of aromatic nitrogens is 5. The predicted molar refractivity (Wildman–Crippen MR) is 156 cm³/mol. The van der Waals surface area contributed by atoms with Gasteiger partial charge in [0.05, 0.1) is 13.1 Å². The van der Waals surface area contributed by atoms with Crippen LogP contribution in [0.5, 0.6) is 0 Å². The van der Waals surface area contributed by atoms with Crippen molar-refractivity contribution in [2.75, 3.05) is 11.9 Å². The average molecular weight is 539 g/mol. The molecule has 3 aromatic carbocycles. The molecule has 6 aromatic rings. The predicted octanol–water partition coefficient (Wildman–Crippen LogP) is 4.78. The molecular formula is C30H27ClN6O2. The summed E-state index contributed by atoms with van der Waals surface area (Å²) in [5, 5.41) is 5.26. The fourth-order valence-corrected chi connectivity index (χ4v) is 5.10. The van der Waals surface area contributed by atoms with Crippen molar-refractivity contribution in [3.8, 4) is 0 Å². The van der Waals surface area contributed by atoms with Crippen molar-refractivity contribution in [2.45, 2.75) is 19.5 Å². The lowest BCUT2D eigenvalue weighted by Crippen LogP contribution is -2.39. The Morgan fingerprint density at radius 2 is 1.56 bits per heavy atom. The smallest absolute Gasteiger partial charge is 0.332 e. The molecule has 0 aliphatic heterocycles. The number of rotatable bonds is 8. The van der Waals surface area contributed by atoms with E-state index in [2.05, 4.69) is 22.4 Å². The number of nitrogens with one attached hydrogen (secondary N) is 2. The van der Waals surface area contributed by atoms with Gasteiger partial charge in [-0.2, -0.15) is 4.98 Å². The van der Waals surface area contributed by atoms with E-state index in [-0.39, 0.29) is 5.56 Å². The molecule has 2 N–H and O–H groups in total. The summed E-state index contributed by atoms with van der Waals surface area (Å²) in [6.07, 6.45) is 2.78. The van der Waals surface area contributed by atoms with Gasteiger partial charge in [-0.15, -0.1) is 0 Å². The van der Waals surface area contributed by atoms with Gasteiger partial charge in [-0.3, -0.25) is 18.5 Å². The largest absolute Gasteiger partial charge is 0.361 e. The third-order valence-electron chi connectivity index (χ3n) is 7.02. The highest BCUT2D eigenvalue weighted by Gasteiger charge is 2.21. The number of benzene rings is 3. The number of aromatic amines is 1. The molecule has 0 saturated heterocycles. The molecule has 6 rings (SSSR count). The Kier molecular flexibility index (Phi) is 6.54. The molecule has 3 aromatic heterocycles. The highest BCUT2D eigenvalue weighted by atomic mass is 35.5. The maximum atomic E-state index is 13.5. The van der Waals surface area contributed by atoms with Crippen LogP contribution in [0.4, 0.5) is 5.95 Å². The Morgan fingerprint density at radius 1 is 0.872 bits per heavy atom. The second kappa shape index (κ2) is 10.3. The topological polar surface area (TPSA) is 89.6 Å². The van der Waals surface area contributed by atoms with E-state index in [1.165, 1.54) is 18.0 Å². The molecule has 3 heterocycles. The molecule has 0 atom stereocenters. The van der Waals surface area contributed by atoms with Crippen molar-refractivity contribution >= 4 is 39.6 Å². The molecule has 0 radical (unpaired) electrons. The minimum atomic E-state index is -0.405. The summed E-state index contributed by atoms with van der Waals surface area (Å²) >= 11 is 6.11. The minimum Gasteiger partial charge on any atom is -0.361 e. The first kappa shape index (κ1) is 24.8. The standard InChI is InChI=1S/C30H27ClN6O2/c1-35-28(38)26-27(37(30(35)39)19-20-7-3-2-4-8-20)34-29(36(26)18-21-11-13-23(31)14-12-21)32-16-15-22-17-33-25-10-6-5-9-24(22)25/h2-14,17,33H,15-16,18-19H2,1H3,(H,32,34). The maximum absolute atomic E-state index is 13.5. The summed E-state index contributed by atoms with van der Waals surface area (Å²) in [6.45, 7) is 1.29. The van der Waals surface area contributed by atoms with Gasteiger partial charge in [0.15, 0.2) is 11.2 Å². The molecular weight excluding hydrogens is 512 g/mol. The molecule has 0 aliphatic rings. The number of fused-ring (bicyclic) bond motifs is 2. The van der Waals surface area contributed by atoms with Crippen LogP contribution >= 0.6 is 11.6 Å². The second-order valence-electron chi connectivity index (χ2n) is 9.57. The van der Waals surface area contributed by atoms with E-state index in [1.807, 2.05) is 77.5 Å². The number of nitrogens with zero attached hydrogens (tertiary/aromatic N) is 4. The molecule has 0 fully saturated rings. The van der Waals surface area contributed by atoms with Crippen molar-refractivity contribution in [3.05, 3.63) is 128 Å². The van der Waals surface area contributed by atoms with E-state index in [0.29, 0.717) is 41.8 Å². The van der Waals surface area contributed by atoms with Crippen molar-refractivity contribution < 1.29 is 0 Å². The highest BCUT2D eigenvalue weighted by molar-refractivity contribution is 6.30. The molecule has 0 saturated carbocycles. The van der Waals surface area contributed by atoms with Gasteiger partial charge in [-0.1, -0.05) is 72.3 Å². The second-order valence-corrected chi connectivity index (χ2v) is 10.0. The molecule has 0 aliphatic carbocycles. The van der Waals surface area contributed by atoms with Crippen LogP contribution in [0.3, 0.4) is 0 Å². The fraction of sp³-hybridized carbons (Fsp3) is 0.167. The lowest BCUT2D eigenvalue weighted by Gasteiger charge is -2.12. The first-order chi connectivity index (χ1) is 19.0. The number of halogens is 1. The first-order valence-corrected chi connectivity index (χ1v) is 13.1. The van der Waals surface area contributed by atoms with E-state index in [9.17, 15) is 9.59 Å². The van der Waals surface area contributed by atoms with Crippen molar-refractivity contribution in [1.29, 1.82) is 0 Å². The normalized spacial score (nSPS) is 11.4. The van der Waals surface area contributed by atoms with Gasteiger partial charge in [0.1, 0.15) is 0 Å². The van der Waals surface area contributed by atoms with Gasteiger partial charge >= 0.3 is 5.69 Å². The van der Waals surface area contributed by atoms with E-state index >= 15 is 0 Å². The third-order valence-corrected chi connectivity index (χ3v) is 7.27. The molecule has 0 amide bonds. The van der Waals surface area contributed by atoms with Crippen LogP contribution in [-0.4, -0.2) is 30.2 Å². The average Bonchev–Trinajstić information content (AvgIpc) is 3.53. The third kappa shape index (κ3) is 4.75. The zero-order chi connectivity index (χ0) is 26.9. The first-order valence-electron chi connectivity index (χ1n) is 12.8. The Balaban J connectivity index is 1.43. The Labute approximate surface area is 229 Å². The number of para-hydroxylation sites is 1. The highest BCUT2D eigenvalue weighted by Crippen LogP contribution is 2.22. The lowest BCUT2D eigenvalue weighted by atomic mass is 10.1. The van der Waals surface area contributed by atoms with Crippen LogP contribution < -0.4 is 16.6 Å². The number of hydrogen-bond acceptors (Lipinski definition) is 4. The van der Waals surface area contributed by atoms with Crippen LogP contribution in [0.2, 0.25) is 5.02 Å². The van der Waals surface area contributed by atoms with Crippen LogP contribution in [0, 0.1) is 0 Å². The van der Waals surface area contributed by atoms with Gasteiger partial charge in [-0.25, -0.2) is 4.79 Å². The van der Waals surface area contributed by atoms with Crippen molar-refractivity contribution in [2.24, 2.45) is 7.05 Å². The van der Waals surface area contributed by atoms with E-state index in [4.69, 9.17) is 16.6 Å². The zero-order valence-corrected chi connectivity index (χ0v) is 22.2. The molecule has 0 bridgehead atoms. The number of anilines is 1. The summed E-state index contributed by atoms with van der Waals surface area (Å²) < 4.78 is 4.58. The molecule has 9 heteroatoms. The number of H-pyrrole nitrogens is 1. The van der Waals surface area contributed by atoms with E-state index < -0.39 is 5.69 Å². The summed E-state index contributed by atoms with van der Waals surface area (Å²) in [4.78, 5) is 34.9. The van der Waals surface area contributed by atoms with Crippen LogP contribution in [0.15, 0.2) is 94.6 Å². The molecule has 39 heavy (non-hydrogen) atoms.